The Labute approximate surface area is 101 Å². The van der Waals surface area contributed by atoms with Crippen LogP contribution in [0.2, 0.25) is 0 Å². The van der Waals surface area contributed by atoms with E-state index in [1.54, 1.807) is 6.07 Å². The highest BCUT2D eigenvalue weighted by Crippen LogP contribution is 2.16. The predicted molar refractivity (Wildman–Crippen MR) is 69.7 cm³/mol. The maximum absolute atomic E-state index is 13.2. The molecule has 0 radical (unpaired) electrons. The Morgan fingerprint density at radius 1 is 1.24 bits per heavy atom. The zero-order valence-corrected chi connectivity index (χ0v) is 10.2. The first-order chi connectivity index (χ1) is 8.31. The fourth-order valence-electron chi connectivity index (χ4n) is 1.98. The summed E-state index contributed by atoms with van der Waals surface area (Å²) in [5.41, 5.74) is 0.974. The summed E-state index contributed by atoms with van der Waals surface area (Å²) in [6, 6.07) is 6.96. The molecule has 2 aromatic rings. The molecule has 2 rings (SSSR count). The number of fused-ring (bicyclic) bond motifs is 1. The van der Waals surface area contributed by atoms with E-state index in [1.807, 2.05) is 18.3 Å². The second-order valence-electron chi connectivity index (χ2n) is 4.32. The van der Waals surface area contributed by atoms with E-state index in [2.05, 4.69) is 16.8 Å². The highest BCUT2D eigenvalue weighted by Gasteiger charge is 2.01. The van der Waals surface area contributed by atoms with E-state index in [-0.39, 0.29) is 5.82 Å². The monoisotopic (exact) mass is 234 g/mol. The van der Waals surface area contributed by atoms with Gasteiger partial charge in [0.05, 0.1) is 5.52 Å². The standard InChI is InChI=1S/C14H19FN2/c1-2-3-7-16-8-10-17-9-6-12-4-5-13(15)11-14(12)17/h4-6,9,11,16H,2-3,7-8,10H2,1H3. The fourth-order valence-corrected chi connectivity index (χ4v) is 1.98. The molecule has 0 aliphatic rings. The average molecular weight is 234 g/mol. The van der Waals surface area contributed by atoms with Crippen LogP contribution in [0.1, 0.15) is 19.8 Å². The number of benzene rings is 1. The number of hydrogen-bond acceptors (Lipinski definition) is 1. The topological polar surface area (TPSA) is 17.0 Å². The van der Waals surface area contributed by atoms with Crippen molar-refractivity contribution in [2.24, 2.45) is 0 Å². The first-order valence-electron chi connectivity index (χ1n) is 6.26. The van der Waals surface area contributed by atoms with Gasteiger partial charge in [-0.15, -0.1) is 0 Å². The van der Waals surface area contributed by atoms with Crippen LogP contribution >= 0.6 is 0 Å². The van der Waals surface area contributed by atoms with Crippen LogP contribution in [0.5, 0.6) is 0 Å². The summed E-state index contributed by atoms with van der Waals surface area (Å²) in [4.78, 5) is 0. The number of nitrogens with one attached hydrogen (secondary N) is 1. The lowest BCUT2D eigenvalue weighted by molar-refractivity contribution is 0.587. The summed E-state index contributed by atoms with van der Waals surface area (Å²) < 4.78 is 15.2. The van der Waals surface area contributed by atoms with Gasteiger partial charge < -0.3 is 9.88 Å². The minimum Gasteiger partial charge on any atom is -0.346 e. The summed E-state index contributed by atoms with van der Waals surface area (Å²) in [5.74, 6) is -0.170. The minimum absolute atomic E-state index is 0.170. The molecule has 1 aromatic heterocycles. The molecule has 0 saturated heterocycles. The van der Waals surface area contributed by atoms with Crippen LogP contribution in [0.4, 0.5) is 4.39 Å². The highest BCUT2D eigenvalue weighted by atomic mass is 19.1. The first kappa shape index (κ1) is 12.1. The Morgan fingerprint density at radius 2 is 2.12 bits per heavy atom. The van der Waals surface area contributed by atoms with Crippen molar-refractivity contribution >= 4 is 10.9 Å². The predicted octanol–water partition coefficient (Wildman–Crippen LogP) is 3.17. The lowest BCUT2D eigenvalue weighted by Gasteiger charge is -2.07. The second kappa shape index (κ2) is 5.82. The van der Waals surface area contributed by atoms with Crippen molar-refractivity contribution in [1.29, 1.82) is 0 Å². The van der Waals surface area contributed by atoms with Gasteiger partial charge in [-0.05, 0) is 42.6 Å². The molecule has 0 aliphatic carbocycles. The third-order valence-corrected chi connectivity index (χ3v) is 2.97. The fraction of sp³-hybridized carbons (Fsp3) is 0.429. The van der Waals surface area contributed by atoms with E-state index < -0.39 is 0 Å². The molecular weight excluding hydrogens is 215 g/mol. The lowest BCUT2D eigenvalue weighted by atomic mass is 10.2. The van der Waals surface area contributed by atoms with Crippen molar-refractivity contribution in [3.8, 4) is 0 Å². The van der Waals surface area contributed by atoms with Gasteiger partial charge in [0.15, 0.2) is 0 Å². The van der Waals surface area contributed by atoms with Gasteiger partial charge >= 0.3 is 0 Å². The summed E-state index contributed by atoms with van der Waals surface area (Å²) in [6.45, 7) is 5.06. The second-order valence-corrected chi connectivity index (χ2v) is 4.32. The maximum Gasteiger partial charge on any atom is 0.125 e. The third kappa shape index (κ3) is 3.07. The molecule has 1 aromatic carbocycles. The Balaban J connectivity index is 1.96. The zero-order valence-electron chi connectivity index (χ0n) is 10.2. The van der Waals surface area contributed by atoms with E-state index in [0.717, 1.165) is 30.5 Å². The van der Waals surface area contributed by atoms with Crippen molar-refractivity contribution in [2.75, 3.05) is 13.1 Å². The van der Waals surface area contributed by atoms with Gasteiger partial charge in [0.25, 0.3) is 0 Å². The number of hydrogen-bond donors (Lipinski definition) is 1. The molecule has 1 N–H and O–H groups in total. The largest absolute Gasteiger partial charge is 0.346 e. The summed E-state index contributed by atoms with van der Waals surface area (Å²) >= 11 is 0. The molecule has 2 nitrogen and oxygen atoms in total. The van der Waals surface area contributed by atoms with Crippen molar-refractivity contribution in [2.45, 2.75) is 26.3 Å². The molecule has 0 spiro atoms. The number of halogens is 1. The van der Waals surface area contributed by atoms with Crippen LogP contribution in [0.25, 0.3) is 10.9 Å². The molecule has 0 amide bonds. The van der Waals surface area contributed by atoms with Crippen molar-refractivity contribution in [3.63, 3.8) is 0 Å². The number of aromatic nitrogens is 1. The summed E-state index contributed by atoms with van der Waals surface area (Å²) in [7, 11) is 0. The van der Waals surface area contributed by atoms with Crippen LogP contribution in [0.15, 0.2) is 30.5 Å². The molecule has 0 unspecified atom stereocenters. The van der Waals surface area contributed by atoms with Gasteiger partial charge in [0.1, 0.15) is 5.82 Å². The Bertz CT molecular complexity index is 476. The molecule has 0 bridgehead atoms. The normalized spacial score (nSPS) is 11.2. The molecule has 0 saturated carbocycles. The van der Waals surface area contributed by atoms with E-state index in [0.29, 0.717) is 0 Å². The quantitative estimate of drug-likeness (QED) is 0.760. The van der Waals surface area contributed by atoms with Crippen LogP contribution in [-0.4, -0.2) is 17.7 Å². The average Bonchev–Trinajstić information content (AvgIpc) is 2.72. The summed E-state index contributed by atoms with van der Waals surface area (Å²) in [5, 5.41) is 4.49. The molecule has 1 heterocycles. The highest BCUT2D eigenvalue weighted by molar-refractivity contribution is 5.80. The van der Waals surface area contributed by atoms with Crippen LogP contribution in [-0.2, 0) is 6.54 Å². The van der Waals surface area contributed by atoms with E-state index >= 15 is 0 Å². The molecule has 92 valence electrons. The van der Waals surface area contributed by atoms with Gasteiger partial charge in [-0.3, -0.25) is 0 Å². The van der Waals surface area contributed by atoms with Crippen LogP contribution in [0, 0.1) is 5.82 Å². The first-order valence-corrected chi connectivity index (χ1v) is 6.26. The zero-order chi connectivity index (χ0) is 12.1. The third-order valence-electron chi connectivity index (χ3n) is 2.97. The molecule has 0 aliphatic heterocycles. The molecule has 3 heteroatoms. The lowest BCUT2D eigenvalue weighted by Crippen LogP contribution is -2.20. The number of nitrogens with zero attached hydrogens (tertiary/aromatic N) is 1. The van der Waals surface area contributed by atoms with Crippen molar-refractivity contribution in [3.05, 3.63) is 36.3 Å². The number of unbranched alkanes of at least 4 members (excludes halogenated alkanes) is 1. The molecule has 0 atom stereocenters. The van der Waals surface area contributed by atoms with E-state index in [1.165, 1.54) is 18.9 Å². The Hall–Kier alpha value is -1.35. The van der Waals surface area contributed by atoms with Gasteiger partial charge in [0.2, 0.25) is 0 Å². The van der Waals surface area contributed by atoms with Crippen LogP contribution in [0.3, 0.4) is 0 Å². The molecule has 17 heavy (non-hydrogen) atoms. The van der Waals surface area contributed by atoms with E-state index in [9.17, 15) is 4.39 Å². The molecular formula is C14H19FN2. The van der Waals surface area contributed by atoms with Gasteiger partial charge in [-0.25, -0.2) is 4.39 Å². The van der Waals surface area contributed by atoms with Gasteiger partial charge in [0, 0.05) is 19.3 Å². The minimum atomic E-state index is -0.170. The van der Waals surface area contributed by atoms with E-state index in [4.69, 9.17) is 0 Å². The smallest absolute Gasteiger partial charge is 0.125 e. The number of rotatable bonds is 6. The van der Waals surface area contributed by atoms with Crippen molar-refractivity contribution < 1.29 is 4.39 Å². The molecule has 0 fully saturated rings. The SMILES string of the molecule is CCCCNCCn1ccc2ccc(F)cc21. The Kier molecular flexibility index (Phi) is 4.15. The van der Waals surface area contributed by atoms with Gasteiger partial charge in [-0.2, -0.15) is 0 Å². The van der Waals surface area contributed by atoms with Gasteiger partial charge in [-0.1, -0.05) is 13.3 Å². The van der Waals surface area contributed by atoms with Crippen LogP contribution < -0.4 is 5.32 Å². The summed E-state index contributed by atoms with van der Waals surface area (Å²) in [6.07, 6.45) is 4.44. The Morgan fingerprint density at radius 3 is 2.94 bits per heavy atom. The van der Waals surface area contributed by atoms with Crippen molar-refractivity contribution in [1.82, 2.24) is 9.88 Å². The maximum atomic E-state index is 13.2.